The Bertz CT molecular complexity index is 797. The first-order chi connectivity index (χ1) is 13.4. The monoisotopic (exact) mass is 383 g/mol. The number of aryl methyl sites for hydroxylation is 2. The molecule has 28 heavy (non-hydrogen) atoms. The second-order valence-corrected chi connectivity index (χ2v) is 7.14. The molecule has 2 aromatic carbocycles. The molecule has 0 aliphatic rings. The van der Waals surface area contributed by atoms with Crippen molar-refractivity contribution >= 4 is 17.6 Å². The molecule has 2 rings (SSSR count). The number of hydrogen-bond acceptors (Lipinski definition) is 4. The molecule has 0 spiro atoms. The zero-order valence-corrected chi connectivity index (χ0v) is 17.1. The zero-order chi connectivity index (χ0) is 20.5. The van der Waals surface area contributed by atoms with Gasteiger partial charge in [-0.25, -0.2) is 4.79 Å². The minimum absolute atomic E-state index is 0.330. The average Bonchev–Trinajstić information content (AvgIpc) is 2.68. The van der Waals surface area contributed by atoms with Gasteiger partial charge in [-0.05, 0) is 61.1 Å². The Kier molecular flexibility index (Phi) is 8.05. The molecule has 0 fully saturated rings. The summed E-state index contributed by atoms with van der Waals surface area (Å²) in [5, 5.41) is 2.84. The summed E-state index contributed by atoms with van der Waals surface area (Å²) in [6, 6.07) is 12.6. The highest BCUT2D eigenvalue weighted by molar-refractivity contribution is 5.96. The van der Waals surface area contributed by atoms with Gasteiger partial charge in [-0.2, -0.15) is 0 Å². The number of amides is 1. The normalized spacial score (nSPS) is 10.6. The summed E-state index contributed by atoms with van der Waals surface area (Å²) < 4.78 is 10.8. The van der Waals surface area contributed by atoms with Gasteiger partial charge < -0.3 is 14.8 Å². The lowest BCUT2D eigenvalue weighted by molar-refractivity contribution is -0.119. The number of benzene rings is 2. The van der Waals surface area contributed by atoms with E-state index in [0.717, 1.165) is 29.7 Å². The molecule has 0 aliphatic carbocycles. The second kappa shape index (κ2) is 10.5. The van der Waals surface area contributed by atoms with Crippen LogP contribution in [-0.4, -0.2) is 25.1 Å². The minimum Gasteiger partial charge on any atom is -0.494 e. The van der Waals surface area contributed by atoms with Gasteiger partial charge in [0.2, 0.25) is 0 Å². The zero-order valence-electron chi connectivity index (χ0n) is 17.1. The summed E-state index contributed by atoms with van der Waals surface area (Å²) in [7, 11) is 0. The van der Waals surface area contributed by atoms with E-state index in [1.807, 2.05) is 32.0 Å². The van der Waals surface area contributed by atoms with E-state index in [-0.39, 0.29) is 12.5 Å². The molecule has 0 saturated carbocycles. The molecular formula is C23H29NO4. The lowest BCUT2D eigenvalue weighted by Crippen LogP contribution is -2.22. The molecule has 150 valence electrons. The fraction of sp³-hybridized carbons (Fsp3) is 0.391. The van der Waals surface area contributed by atoms with Gasteiger partial charge in [0.15, 0.2) is 6.61 Å². The largest absolute Gasteiger partial charge is 0.494 e. The molecule has 0 aliphatic heterocycles. The molecule has 0 heterocycles. The second-order valence-electron chi connectivity index (χ2n) is 7.14. The molecule has 0 unspecified atom stereocenters. The predicted octanol–water partition coefficient (Wildman–Crippen LogP) is 4.78. The van der Waals surface area contributed by atoms with Crippen molar-refractivity contribution in [3.05, 3.63) is 59.2 Å². The number of ether oxygens (including phenoxy) is 2. The molecule has 0 aromatic heterocycles. The Balaban J connectivity index is 1.85. The van der Waals surface area contributed by atoms with Gasteiger partial charge in [-0.15, -0.1) is 0 Å². The number of esters is 1. The van der Waals surface area contributed by atoms with Gasteiger partial charge in [0.1, 0.15) is 5.75 Å². The van der Waals surface area contributed by atoms with Crippen molar-refractivity contribution < 1.29 is 19.1 Å². The molecule has 1 amide bonds. The summed E-state index contributed by atoms with van der Waals surface area (Å²) in [6.07, 6.45) is 1.78. The topological polar surface area (TPSA) is 64.6 Å². The van der Waals surface area contributed by atoms with Crippen LogP contribution < -0.4 is 10.1 Å². The molecule has 5 heteroatoms. The fourth-order valence-electron chi connectivity index (χ4n) is 2.69. The van der Waals surface area contributed by atoms with Crippen LogP contribution in [0, 0.1) is 12.8 Å². The molecular weight excluding hydrogens is 354 g/mol. The van der Waals surface area contributed by atoms with E-state index in [1.165, 1.54) is 0 Å². The van der Waals surface area contributed by atoms with Crippen LogP contribution in [0.5, 0.6) is 5.75 Å². The predicted molar refractivity (Wildman–Crippen MR) is 111 cm³/mol. The third-order valence-corrected chi connectivity index (χ3v) is 4.39. The Labute approximate surface area is 167 Å². The van der Waals surface area contributed by atoms with Crippen molar-refractivity contribution in [2.24, 2.45) is 5.92 Å². The van der Waals surface area contributed by atoms with Gasteiger partial charge in [0.25, 0.3) is 5.91 Å². The molecule has 1 N–H and O–H groups in total. The summed E-state index contributed by atoms with van der Waals surface area (Å²) in [4.78, 5) is 24.4. The van der Waals surface area contributed by atoms with Crippen molar-refractivity contribution in [2.45, 2.75) is 40.5 Å². The number of nitrogens with one attached hydrogen (secondary N) is 1. The number of carbonyl (C=O) groups excluding carboxylic acids is 2. The van der Waals surface area contributed by atoms with Crippen LogP contribution in [-0.2, 0) is 16.0 Å². The Hall–Kier alpha value is -2.82. The van der Waals surface area contributed by atoms with Gasteiger partial charge in [-0.1, -0.05) is 39.0 Å². The van der Waals surface area contributed by atoms with E-state index in [2.05, 4.69) is 19.2 Å². The van der Waals surface area contributed by atoms with E-state index < -0.39 is 5.97 Å². The van der Waals surface area contributed by atoms with Crippen molar-refractivity contribution in [3.63, 3.8) is 0 Å². The van der Waals surface area contributed by atoms with E-state index >= 15 is 0 Å². The summed E-state index contributed by atoms with van der Waals surface area (Å²) in [5.74, 6) is 0.394. The third kappa shape index (κ3) is 6.41. The first kappa shape index (κ1) is 21.5. The number of para-hydroxylation sites is 1. The highest BCUT2D eigenvalue weighted by Gasteiger charge is 2.13. The van der Waals surface area contributed by atoms with Crippen LogP contribution in [0.4, 0.5) is 5.69 Å². The van der Waals surface area contributed by atoms with Crippen LogP contribution in [0.1, 0.15) is 48.7 Å². The summed E-state index contributed by atoms with van der Waals surface area (Å²) in [5.41, 5.74) is 3.20. The van der Waals surface area contributed by atoms with Crippen molar-refractivity contribution in [1.29, 1.82) is 0 Å². The van der Waals surface area contributed by atoms with Crippen molar-refractivity contribution in [2.75, 3.05) is 18.5 Å². The average molecular weight is 383 g/mol. The van der Waals surface area contributed by atoms with Gasteiger partial charge in [0, 0.05) is 5.69 Å². The molecule has 5 nitrogen and oxygen atoms in total. The number of carbonyl (C=O) groups is 2. The maximum absolute atomic E-state index is 12.2. The first-order valence-electron chi connectivity index (χ1n) is 9.69. The number of rotatable bonds is 9. The number of hydrogen-bond donors (Lipinski definition) is 1. The van der Waals surface area contributed by atoms with Gasteiger partial charge >= 0.3 is 5.97 Å². The molecule has 0 saturated heterocycles. The van der Waals surface area contributed by atoms with Crippen LogP contribution >= 0.6 is 0 Å². The molecule has 2 aromatic rings. The van der Waals surface area contributed by atoms with Crippen LogP contribution in [0.25, 0.3) is 0 Å². The highest BCUT2D eigenvalue weighted by atomic mass is 16.5. The SMILES string of the molecule is CCc1cccc(C)c1NC(=O)COC(=O)c1ccc(OCCC(C)C)cc1. The lowest BCUT2D eigenvalue weighted by Gasteiger charge is -2.13. The van der Waals surface area contributed by atoms with Crippen molar-refractivity contribution in [3.8, 4) is 5.75 Å². The molecule has 0 atom stereocenters. The van der Waals surface area contributed by atoms with E-state index in [4.69, 9.17) is 9.47 Å². The minimum atomic E-state index is -0.538. The lowest BCUT2D eigenvalue weighted by atomic mass is 10.1. The number of anilines is 1. The van der Waals surface area contributed by atoms with E-state index in [9.17, 15) is 9.59 Å². The van der Waals surface area contributed by atoms with Gasteiger partial charge in [-0.3, -0.25) is 4.79 Å². The summed E-state index contributed by atoms with van der Waals surface area (Å²) in [6.45, 7) is 8.55. The maximum Gasteiger partial charge on any atom is 0.338 e. The summed E-state index contributed by atoms with van der Waals surface area (Å²) >= 11 is 0. The quantitative estimate of drug-likeness (QED) is 0.633. The van der Waals surface area contributed by atoms with Gasteiger partial charge in [0.05, 0.1) is 12.2 Å². The Morgan fingerprint density at radius 2 is 1.79 bits per heavy atom. The molecule has 0 radical (unpaired) electrons. The fourth-order valence-corrected chi connectivity index (χ4v) is 2.69. The highest BCUT2D eigenvalue weighted by Crippen LogP contribution is 2.21. The smallest absolute Gasteiger partial charge is 0.338 e. The van der Waals surface area contributed by atoms with Crippen LogP contribution in [0.2, 0.25) is 0 Å². The van der Waals surface area contributed by atoms with E-state index in [0.29, 0.717) is 23.8 Å². The van der Waals surface area contributed by atoms with E-state index in [1.54, 1.807) is 24.3 Å². The van der Waals surface area contributed by atoms with Crippen LogP contribution in [0.3, 0.4) is 0 Å². The Morgan fingerprint density at radius 1 is 1.07 bits per heavy atom. The Morgan fingerprint density at radius 3 is 2.43 bits per heavy atom. The standard InChI is InChI=1S/C23H29NO4/c1-5-18-8-6-7-17(4)22(18)24-21(25)15-28-23(26)19-9-11-20(12-10-19)27-14-13-16(2)3/h6-12,16H,5,13-15H2,1-4H3,(H,24,25). The van der Waals surface area contributed by atoms with Crippen molar-refractivity contribution in [1.82, 2.24) is 0 Å². The molecule has 0 bridgehead atoms. The first-order valence-corrected chi connectivity index (χ1v) is 9.69. The van der Waals surface area contributed by atoms with Crippen LogP contribution in [0.15, 0.2) is 42.5 Å². The maximum atomic E-state index is 12.2. The third-order valence-electron chi connectivity index (χ3n) is 4.39.